The number of hydrogen-bond acceptors (Lipinski definition) is 5. The normalized spacial score (nSPS) is 15.3. The molecular formula is C24H26N2O5S. The summed E-state index contributed by atoms with van der Waals surface area (Å²) in [5.74, 6) is -0.162. The summed E-state index contributed by atoms with van der Waals surface area (Å²) < 4.78 is 33.0. The molecule has 7 nitrogen and oxygen atoms in total. The number of amides is 1. The maximum absolute atomic E-state index is 12.9. The first-order valence-electron chi connectivity index (χ1n) is 10.5. The molecule has 1 amide bonds. The standard InChI is InChI=1S/C24H26N2O5S/c1-16-4-9-22-20(15-31-24(22)17(16)2)14-23(28)25-10-12-26(13-11-25)32(29,30)21-7-5-19(6-8-21)18(3)27/h4-9,15H,10-14H2,1-3H3. The minimum atomic E-state index is -3.67. The van der Waals surface area contributed by atoms with Crippen LogP contribution in [-0.4, -0.2) is 55.5 Å². The second kappa shape index (κ2) is 8.52. The van der Waals surface area contributed by atoms with Gasteiger partial charge in [-0.2, -0.15) is 4.31 Å². The molecule has 2 heterocycles. The largest absolute Gasteiger partial charge is 0.464 e. The number of nitrogens with zero attached hydrogens (tertiary/aromatic N) is 2. The lowest BCUT2D eigenvalue weighted by molar-refractivity contribution is -0.131. The number of furan rings is 1. The van der Waals surface area contributed by atoms with Crippen molar-refractivity contribution in [3.63, 3.8) is 0 Å². The molecule has 1 saturated heterocycles. The minimum Gasteiger partial charge on any atom is -0.464 e. The van der Waals surface area contributed by atoms with Gasteiger partial charge < -0.3 is 9.32 Å². The summed E-state index contributed by atoms with van der Waals surface area (Å²) in [7, 11) is -3.67. The number of aryl methyl sites for hydroxylation is 2. The van der Waals surface area contributed by atoms with Crippen molar-refractivity contribution in [3.05, 3.63) is 64.9 Å². The predicted octanol–water partition coefficient (Wildman–Crippen LogP) is 3.33. The number of fused-ring (bicyclic) bond motifs is 1. The Bertz CT molecular complexity index is 1280. The summed E-state index contributed by atoms with van der Waals surface area (Å²) in [6.45, 7) is 6.58. The monoisotopic (exact) mass is 454 g/mol. The molecule has 0 bridgehead atoms. The average molecular weight is 455 g/mol. The van der Waals surface area contributed by atoms with Crippen LogP contribution < -0.4 is 0 Å². The number of carbonyl (C=O) groups excluding carboxylic acids is 2. The van der Waals surface area contributed by atoms with Crippen molar-refractivity contribution in [2.75, 3.05) is 26.2 Å². The Balaban J connectivity index is 1.41. The molecule has 3 aromatic rings. The zero-order valence-corrected chi connectivity index (χ0v) is 19.2. The minimum absolute atomic E-state index is 0.0474. The first kappa shape index (κ1) is 22.2. The van der Waals surface area contributed by atoms with Crippen LogP contribution in [0.4, 0.5) is 0 Å². The lowest BCUT2D eigenvalue weighted by Gasteiger charge is -2.34. The van der Waals surface area contributed by atoms with E-state index in [0.29, 0.717) is 18.7 Å². The van der Waals surface area contributed by atoms with Crippen molar-refractivity contribution in [2.45, 2.75) is 32.1 Å². The van der Waals surface area contributed by atoms with Gasteiger partial charge in [-0.05, 0) is 44.0 Å². The van der Waals surface area contributed by atoms with Gasteiger partial charge in [-0.15, -0.1) is 0 Å². The molecule has 0 saturated carbocycles. The Morgan fingerprint density at radius 3 is 2.25 bits per heavy atom. The first-order valence-corrected chi connectivity index (χ1v) is 12.0. The molecule has 1 aromatic heterocycles. The van der Waals surface area contributed by atoms with E-state index in [0.717, 1.165) is 27.7 Å². The molecule has 0 aliphatic carbocycles. The first-order chi connectivity index (χ1) is 15.2. The van der Waals surface area contributed by atoms with Crippen LogP contribution in [0.25, 0.3) is 11.0 Å². The zero-order chi connectivity index (χ0) is 23.0. The lowest BCUT2D eigenvalue weighted by atomic mass is 10.0. The Morgan fingerprint density at radius 1 is 0.969 bits per heavy atom. The van der Waals surface area contributed by atoms with E-state index in [9.17, 15) is 18.0 Å². The van der Waals surface area contributed by atoms with E-state index in [-0.39, 0.29) is 36.1 Å². The zero-order valence-electron chi connectivity index (χ0n) is 18.4. The molecule has 0 unspecified atom stereocenters. The number of sulfonamides is 1. The Morgan fingerprint density at radius 2 is 1.62 bits per heavy atom. The van der Waals surface area contributed by atoms with Crippen molar-refractivity contribution in [3.8, 4) is 0 Å². The highest BCUT2D eigenvalue weighted by Gasteiger charge is 2.30. The third-order valence-corrected chi connectivity index (χ3v) is 8.09. The molecule has 1 aliphatic rings. The van der Waals surface area contributed by atoms with E-state index in [1.54, 1.807) is 11.2 Å². The summed E-state index contributed by atoms with van der Waals surface area (Å²) in [6.07, 6.45) is 1.86. The number of rotatable bonds is 5. The fourth-order valence-corrected chi connectivity index (χ4v) is 5.41. The van der Waals surface area contributed by atoms with Crippen LogP contribution in [0.5, 0.6) is 0 Å². The number of hydrogen-bond donors (Lipinski definition) is 0. The van der Waals surface area contributed by atoms with Crippen molar-refractivity contribution < 1.29 is 22.4 Å². The van der Waals surface area contributed by atoms with E-state index in [1.807, 2.05) is 26.0 Å². The molecule has 0 radical (unpaired) electrons. The van der Waals surface area contributed by atoms with E-state index in [2.05, 4.69) is 0 Å². The molecule has 8 heteroatoms. The second-order valence-corrected chi connectivity index (χ2v) is 10.1. The molecule has 4 rings (SSSR count). The summed E-state index contributed by atoms with van der Waals surface area (Å²) in [5, 5.41) is 0.941. The Labute approximate surface area is 187 Å². The second-order valence-electron chi connectivity index (χ2n) is 8.19. The molecule has 0 spiro atoms. The maximum atomic E-state index is 12.9. The van der Waals surface area contributed by atoms with E-state index in [1.165, 1.54) is 35.5 Å². The number of ketones is 1. The molecule has 1 aliphatic heterocycles. The Hall–Kier alpha value is -2.97. The fraction of sp³-hybridized carbons (Fsp3) is 0.333. The average Bonchev–Trinajstić information content (AvgIpc) is 3.19. The van der Waals surface area contributed by atoms with Crippen molar-refractivity contribution >= 4 is 32.7 Å². The van der Waals surface area contributed by atoms with Crippen LogP contribution in [0, 0.1) is 13.8 Å². The molecule has 0 N–H and O–H groups in total. The van der Waals surface area contributed by atoms with E-state index in [4.69, 9.17) is 4.42 Å². The van der Waals surface area contributed by atoms with Gasteiger partial charge in [-0.25, -0.2) is 8.42 Å². The van der Waals surface area contributed by atoms with Gasteiger partial charge in [0.1, 0.15) is 5.58 Å². The predicted molar refractivity (Wildman–Crippen MR) is 121 cm³/mol. The van der Waals surface area contributed by atoms with Crippen molar-refractivity contribution in [1.82, 2.24) is 9.21 Å². The molecular weight excluding hydrogens is 428 g/mol. The van der Waals surface area contributed by atoms with E-state index >= 15 is 0 Å². The van der Waals surface area contributed by atoms with Crippen LogP contribution in [-0.2, 0) is 21.2 Å². The molecule has 32 heavy (non-hydrogen) atoms. The van der Waals surface area contributed by atoms with Gasteiger partial charge in [0, 0.05) is 42.7 Å². The van der Waals surface area contributed by atoms with Crippen LogP contribution in [0.15, 0.2) is 52.0 Å². The maximum Gasteiger partial charge on any atom is 0.243 e. The number of benzene rings is 2. The third-order valence-electron chi connectivity index (χ3n) is 6.17. The van der Waals surface area contributed by atoms with Crippen molar-refractivity contribution in [1.29, 1.82) is 0 Å². The van der Waals surface area contributed by atoms with Crippen LogP contribution in [0.2, 0.25) is 0 Å². The van der Waals surface area contributed by atoms with Crippen LogP contribution in [0.1, 0.15) is 34.0 Å². The van der Waals surface area contributed by atoms with Gasteiger partial charge in [-0.3, -0.25) is 9.59 Å². The topological polar surface area (TPSA) is 87.9 Å². The van der Waals surface area contributed by atoms with Gasteiger partial charge >= 0.3 is 0 Å². The summed E-state index contributed by atoms with van der Waals surface area (Å²) in [4.78, 5) is 26.1. The highest BCUT2D eigenvalue weighted by atomic mass is 32.2. The lowest BCUT2D eigenvalue weighted by Crippen LogP contribution is -2.50. The number of piperazine rings is 1. The van der Waals surface area contributed by atoms with Gasteiger partial charge in [0.15, 0.2) is 5.78 Å². The smallest absolute Gasteiger partial charge is 0.243 e. The Kier molecular flexibility index (Phi) is 5.92. The summed E-state index contributed by atoms with van der Waals surface area (Å²) in [5.41, 5.74) is 4.32. The van der Waals surface area contributed by atoms with Crippen LogP contribution >= 0.6 is 0 Å². The molecule has 0 atom stereocenters. The van der Waals surface area contributed by atoms with Crippen LogP contribution in [0.3, 0.4) is 0 Å². The molecule has 168 valence electrons. The third kappa shape index (κ3) is 4.08. The van der Waals surface area contributed by atoms with Gasteiger partial charge in [0.2, 0.25) is 15.9 Å². The molecule has 2 aromatic carbocycles. The van der Waals surface area contributed by atoms with Gasteiger partial charge in [0.25, 0.3) is 0 Å². The SMILES string of the molecule is CC(=O)c1ccc(S(=O)(=O)N2CCN(C(=O)Cc3coc4c(C)c(C)ccc34)CC2)cc1. The summed E-state index contributed by atoms with van der Waals surface area (Å²) in [6, 6.07) is 9.95. The summed E-state index contributed by atoms with van der Waals surface area (Å²) >= 11 is 0. The van der Waals surface area contributed by atoms with E-state index < -0.39 is 10.0 Å². The number of carbonyl (C=O) groups is 2. The number of Topliss-reactive ketones (excluding diaryl/α,β-unsaturated/α-hetero) is 1. The highest BCUT2D eigenvalue weighted by molar-refractivity contribution is 7.89. The highest BCUT2D eigenvalue weighted by Crippen LogP contribution is 2.27. The molecule has 1 fully saturated rings. The van der Waals surface area contributed by atoms with Gasteiger partial charge in [0.05, 0.1) is 17.6 Å². The van der Waals surface area contributed by atoms with Gasteiger partial charge in [-0.1, -0.05) is 24.3 Å². The fourth-order valence-electron chi connectivity index (χ4n) is 3.99. The quantitative estimate of drug-likeness (QED) is 0.552. The van der Waals surface area contributed by atoms with Crippen molar-refractivity contribution in [2.24, 2.45) is 0 Å².